The molecule has 0 spiro atoms. The monoisotopic (exact) mass is 1420 g/mol. The van der Waals surface area contributed by atoms with E-state index in [0.29, 0.717) is 97.9 Å². The lowest BCUT2D eigenvalue weighted by Gasteiger charge is -2.44. The summed E-state index contributed by atoms with van der Waals surface area (Å²) in [5.41, 5.74) is 18.4. The number of hydrogen-bond acceptors (Lipinski definition) is 21. The largest absolute Gasteiger partial charge is 0.504 e. The highest BCUT2D eigenvalue weighted by Crippen LogP contribution is 2.41. The topological polar surface area (TPSA) is 353 Å². The van der Waals surface area contributed by atoms with Crippen LogP contribution in [0, 0.1) is 23.7 Å². The molecule has 102 heavy (non-hydrogen) atoms. The molecule has 6 atom stereocenters. The van der Waals surface area contributed by atoms with Crippen LogP contribution >= 0.6 is 0 Å². The second kappa shape index (κ2) is 42.3. The number of phenolic OH excluding ortho intramolecular Hbond substituents is 5. The number of carbonyl (C=O) groups excluding carboxylic acids is 4. The molecule has 2 saturated heterocycles. The number of nitrogens with one attached hydrogen (secondary N) is 5. The van der Waals surface area contributed by atoms with Crippen LogP contribution in [-0.2, 0) is 60.8 Å². The highest BCUT2D eigenvalue weighted by Gasteiger charge is 2.41. The molecule has 25 nitrogen and oxygen atoms in total. The van der Waals surface area contributed by atoms with Crippen LogP contribution in [0.5, 0.6) is 57.5 Å². The molecule has 4 amide bonds. The smallest absolute Gasteiger partial charge is 0.240 e. The minimum atomic E-state index is -0.459. The maximum atomic E-state index is 12.7. The molecule has 9 rings (SSSR count). The summed E-state index contributed by atoms with van der Waals surface area (Å²) in [6, 6.07) is 22.2. The summed E-state index contributed by atoms with van der Waals surface area (Å²) < 4.78 is 35.6. The number of phenols is 5. The van der Waals surface area contributed by atoms with Gasteiger partial charge in [-0.1, -0.05) is 73.6 Å². The fourth-order valence-corrected chi connectivity index (χ4v) is 12.8. The number of nitrogens with two attached hydrogens (primary N) is 2. The summed E-state index contributed by atoms with van der Waals surface area (Å²) >= 11 is 0. The van der Waals surface area contributed by atoms with Gasteiger partial charge in [0.15, 0.2) is 63.8 Å². The van der Waals surface area contributed by atoms with Gasteiger partial charge in [0.05, 0.1) is 71.8 Å². The van der Waals surface area contributed by atoms with Crippen LogP contribution in [0.4, 0.5) is 0 Å². The van der Waals surface area contributed by atoms with E-state index in [0.717, 1.165) is 104 Å². The third-order valence-electron chi connectivity index (χ3n) is 18.0. The molecule has 4 aliphatic heterocycles. The van der Waals surface area contributed by atoms with Crippen LogP contribution in [0.3, 0.4) is 0 Å². The molecule has 0 radical (unpaired) electrons. The van der Waals surface area contributed by atoms with Crippen molar-refractivity contribution >= 4 is 23.6 Å². The molecule has 2 fully saturated rings. The summed E-state index contributed by atoms with van der Waals surface area (Å²) in [5, 5.41) is 64.4. The third-order valence-corrected chi connectivity index (χ3v) is 18.0. The maximum Gasteiger partial charge on any atom is 0.240 e. The van der Waals surface area contributed by atoms with Crippen molar-refractivity contribution in [3.63, 3.8) is 0 Å². The second-order valence-electron chi connectivity index (χ2n) is 27.6. The van der Waals surface area contributed by atoms with Crippen LogP contribution in [0.15, 0.2) is 78.9 Å². The van der Waals surface area contributed by atoms with Crippen LogP contribution in [0.25, 0.3) is 0 Å². The number of ether oxygens (including phenoxy) is 7. The fraction of sp³-hybridized carbons (Fsp3) is 0.558. The molecule has 4 heterocycles. The number of rotatable bonds is 28. The van der Waals surface area contributed by atoms with E-state index in [2.05, 4.69) is 68.1 Å². The molecular formula is C77H117N9O16. The van der Waals surface area contributed by atoms with E-state index in [4.69, 9.17) is 44.6 Å². The molecule has 5 aromatic rings. The number of methoxy groups -OCH3 is 7. The van der Waals surface area contributed by atoms with Crippen molar-refractivity contribution in [3.05, 3.63) is 118 Å². The van der Waals surface area contributed by atoms with Gasteiger partial charge in [0.1, 0.15) is 0 Å². The number of fused-ring (bicyclic) bond motifs is 6. The molecule has 0 bridgehead atoms. The molecule has 0 aliphatic carbocycles. The Morgan fingerprint density at radius 1 is 0.510 bits per heavy atom. The zero-order valence-corrected chi connectivity index (χ0v) is 62.7. The lowest BCUT2D eigenvalue weighted by molar-refractivity contribution is -0.140. The number of amides is 4. The van der Waals surface area contributed by atoms with Gasteiger partial charge in [-0.15, -0.1) is 0 Å². The normalized spacial score (nSPS) is 17.2. The van der Waals surface area contributed by atoms with Gasteiger partial charge in [0.2, 0.25) is 23.6 Å². The molecule has 0 aromatic heterocycles. The summed E-state index contributed by atoms with van der Waals surface area (Å²) in [7, 11) is 10.8. The first-order chi connectivity index (χ1) is 48.6. The molecule has 0 saturated carbocycles. The first kappa shape index (κ1) is 84.4. The highest BCUT2D eigenvalue weighted by atomic mass is 16.7. The van der Waals surface area contributed by atoms with Gasteiger partial charge in [0.25, 0.3) is 0 Å². The number of hydrogen-bond donors (Lipinski definition) is 12. The van der Waals surface area contributed by atoms with Gasteiger partial charge in [-0.2, -0.15) is 0 Å². The Hall–Kier alpha value is -8.30. The fourth-order valence-electron chi connectivity index (χ4n) is 12.8. The van der Waals surface area contributed by atoms with Crippen molar-refractivity contribution in [1.82, 2.24) is 36.4 Å². The molecule has 14 N–H and O–H groups in total. The first-order valence-electron chi connectivity index (χ1n) is 35.4. The molecule has 4 aliphatic rings. The van der Waals surface area contributed by atoms with Gasteiger partial charge >= 0.3 is 0 Å². The number of benzene rings is 5. The average Bonchev–Trinajstić information content (AvgIpc) is 0.771. The van der Waals surface area contributed by atoms with E-state index in [1.165, 1.54) is 21.3 Å². The third kappa shape index (κ3) is 25.3. The number of nitrogens with zero attached hydrogens (tertiary/aromatic N) is 2. The van der Waals surface area contributed by atoms with E-state index in [-0.39, 0.29) is 88.9 Å². The SMILES string of the molecule is COc1cc2c(cc1O)CCN1C(=O)[C@@H](CC(C)C)NC[C@@H]21.COc1cc2c(cc1O)CCN1C(=O)[C@@H](CC(C)C)NC[C@H]21.COc1ccc(CCN)cc1O.COc1ccc(CCNC(=O)[C@@H](CC(C)C)NCC(OC)OC)cc1O.COc1ccc(CCNC(=O)[C@H](N)CC(C)C)cc1O. The standard InChI is InChI=1S/C19H32N2O5.2C17H24N2O3.C15H24N2O3.C9H13NO2/c1-13(2)10-15(21-12-18(25-4)26-5)19(23)20-9-8-14-6-7-17(24-3)16(22)11-14;2*1-10(2)6-13-17(21)19-5-4-11-7-15(20)16(22-3)8-12(11)14(19)9-18-13;1-10(2)8-12(16)15(19)17-7-6-11-4-5-14(20-3)13(18)9-11;1-12-9-3-2-7(4-5-10)6-8(9)11/h6-7,11,13,15,18,21-22H,8-10,12H2,1-5H3,(H,20,23);2*7-8,10,13-14,18,20H,4-6,9H2,1-3H3;4-5,9-10,12,18H,6-8,16H2,1-3H3,(H,17,19);2-3,6,11H,4-5,10H2,1H3/t15-;13-,14+;13-,14-;12-;/m1111./s1. The Labute approximate surface area is 603 Å². The van der Waals surface area contributed by atoms with E-state index >= 15 is 0 Å². The van der Waals surface area contributed by atoms with Crippen molar-refractivity contribution < 1.29 is 77.9 Å². The van der Waals surface area contributed by atoms with E-state index in [9.17, 15) is 44.7 Å². The molecular weight excluding hydrogens is 1310 g/mol. The predicted octanol–water partition coefficient (Wildman–Crippen LogP) is 7.71. The zero-order valence-electron chi connectivity index (χ0n) is 62.7. The van der Waals surface area contributed by atoms with Gasteiger partial charge in [0, 0.05) is 60.0 Å². The first-order valence-corrected chi connectivity index (χ1v) is 35.4. The Morgan fingerprint density at radius 3 is 1.23 bits per heavy atom. The summed E-state index contributed by atoms with van der Waals surface area (Å²) in [6.45, 7) is 21.7. The van der Waals surface area contributed by atoms with Crippen LogP contribution in [-0.4, -0.2) is 192 Å². The predicted molar refractivity (Wildman–Crippen MR) is 395 cm³/mol. The summed E-state index contributed by atoms with van der Waals surface area (Å²) in [4.78, 5) is 53.6. The van der Waals surface area contributed by atoms with Crippen LogP contribution in [0.2, 0.25) is 0 Å². The van der Waals surface area contributed by atoms with Gasteiger partial charge in [-0.3, -0.25) is 19.2 Å². The number of aromatic hydroxyl groups is 5. The van der Waals surface area contributed by atoms with Gasteiger partial charge in [-0.25, -0.2) is 0 Å². The van der Waals surface area contributed by atoms with Crippen molar-refractivity contribution in [2.75, 3.05) is 102 Å². The number of piperazine rings is 2. The van der Waals surface area contributed by atoms with Crippen molar-refractivity contribution in [2.24, 2.45) is 35.1 Å². The summed E-state index contributed by atoms with van der Waals surface area (Å²) in [5.74, 6) is 4.99. The average molecular weight is 1420 g/mol. The van der Waals surface area contributed by atoms with E-state index in [1.807, 2.05) is 54.0 Å². The Morgan fingerprint density at radius 2 is 0.882 bits per heavy atom. The highest BCUT2D eigenvalue weighted by molar-refractivity contribution is 5.85. The van der Waals surface area contributed by atoms with Gasteiger partial charge in [-0.05, 0) is 188 Å². The second-order valence-corrected chi connectivity index (χ2v) is 27.6. The van der Waals surface area contributed by atoms with Crippen molar-refractivity contribution in [1.29, 1.82) is 0 Å². The van der Waals surface area contributed by atoms with Crippen LogP contribution in [0.1, 0.15) is 132 Å². The lowest BCUT2D eigenvalue weighted by Crippen LogP contribution is -2.58. The quantitative estimate of drug-likeness (QED) is 0.0213. The Bertz CT molecular complexity index is 3340. The molecule has 5 aromatic carbocycles. The number of carbonyl (C=O) groups is 4. The van der Waals surface area contributed by atoms with Gasteiger partial charge < -0.3 is 107 Å². The Kier molecular flexibility index (Phi) is 35.0. The molecule has 566 valence electrons. The van der Waals surface area contributed by atoms with Crippen molar-refractivity contribution in [3.8, 4) is 57.5 Å². The van der Waals surface area contributed by atoms with E-state index in [1.54, 1.807) is 77.0 Å². The van der Waals surface area contributed by atoms with Crippen molar-refractivity contribution in [2.45, 2.75) is 156 Å². The van der Waals surface area contributed by atoms with Crippen LogP contribution < -0.4 is 61.7 Å². The minimum Gasteiger partial charge on any atom is -0.504 e. The maximum absolute atomic E-state index is 12.7. The molecule has 0 unspecified atom stereocenters. The van der Waals surface area contributed by atoms with E-state index < -0.39 is 6.04 Å². The molecule has 25 heteroatoms. The summed E-state index contributed by atoms with van der Waals surface area (Å²) in [6.07, 6.45) is 6.34. The zero-order chi connectivity index (χ0) is 75.3. The lowest BCUT2D eigenvalue weighted by atomic mass is 9.88. The minimum absolute atomic E-state index is 0.0363. The Balaban J connectivity index is 0.000000233.